The number of hydrogen-bond donors (Lipinski definition) is 0. The number of aromatic nitrogens is 4. The van der Waals surface area contributed by atoms with E-state index < -0.39 is 0 Å². The van der Waals surface area contributed by atoms with Gasteiger partial charge in [0, 0.05) is 32.1 Å². The van der Waals surface area contributed by atoms with Crippen LogP contribution in [0, 0.1) is 5.92 Å². The maximum atomic E-state index is 5.86. The maximum absolute atomic E-state index is 5.86. The monoisotopic (exact) mass is 335 g/mol. The summed E-state index contributed by atoms with van der Waals surface area (Å²) in [5.41, 5.74) is 1.17. The molecular weight excluding hydrogens is 310 g/mol. The summed E-state index contributed by atoms with van der Waals surface area (Å²) in [6, 6.07) is 0. The lowest BCUT2D eigenvalue weighted by molar-refractivity contribution is -0.0388. The highest BCUT2D eigenvalue weighted by Gasteiger charge is 2.25. The van der Waals surface area contributed by atoms with E-state index in [1.54, 1.807) is 17.7 Å². The van der Waals surface area contributed by atoms with Crippen molar-refractivity contribution >= 4 is 11.3 Å². The molecule has 0 radical (unpaired) electrons. The van der Waals surface area contributed by atoms with Crippen LogP contribution in [-0.4, -0.2) is 44.3 Å². The van der Waals surface area contributed by atoms with Gasteiger partial charge in [0.15, 0.2) is 5.82 Å². The largest absolute Gasteiger partial charge is 0.368 e. The van der Waals surface area contributed by atoms with E-state index in [1.165, 1.54) is 17.1 Å². The Bertz CT molecular complexity index is 624. The molecule has 1 aliphatic rings. The molecule has 3 rings (SSSR count). The second-order valence-corrected chi connectivity index (χ2v) is 7.50. The number of aryl methyl sites for hydroxylation is 2. The summed E-state index contributed by atoms with van der Waals surface area (Å²) in [6.07, 6.45) is 4.01. The third-order valence-corrected chi connectivity index (χ3v) is 5.06. The summed E-state index contributed by atoms with van der Waals surface area (Å²) in [6.45, 7) is 7.90. The fraction of sp³-hybridized carbons (Fsp3) is 0.688. The number of thiazole rings is 1. The van der Waals surface area contributed by atoms with Gasteiger partial charge < -0.3 is 9.30 Å². The van der Waals surface area contributed by atoms with Gasteiger partial charge in [0.2, 0.25) is 0 Å². The average Bonchev–Trinajstić information content (AvgIpc) is 3.14. The summed E-state index contributed by atoms with van der Waals surface area (Å²) in [4.78, 5) is 7.18. The SMILES string of the molecule is CC(C)CCc1nc(CN2CCOC(c3nncn3C)C2)cs1. The van der Waals surface area contributed by atoms with Crippen LogP contribution in [0.5, 0.6) is 0 Å². The van der Waals surface area contributed by atoms with Crippen molar-refractivity contribution in [3.63, 3.8) is 0 Å². The van der Waals surface area contributed by atoms with Crippen molar-refractivity contribution in [1.82, 2.24) is 24.6 Å². The Morgan fingerprint density at radius 3 is 3.04 bits per heavy atom. The fourth-order valence-corrected chi connectivity index (χ4v) is 3.57. The molecule has 2 aromatic heterocycles. The highest BCUT2D eigenvalue weighted by molar-refractivity contribution is 7.09. The number of nitrogens with zero attached hydrogens (tertiary/aromatic N) is 5. The van der Waals surface area contributed by atoms with Crippen molar-refractivity contribution in [2.45, 2.75) is 39.3 Å². The molecule has 126 valence electrons. The van der Waals surface area contributed by atoms with Crippen LogP contribution in [-0.2, 0) is 24.8 Å². The van der Waals surface area contributed by atoms with Gasteiger partial charge in [0.1, 0.15) is 12.4 Å². The summed E-state index contributed by atoms with van der Waals surface area (Å²) < 4.78 is 7.79. The Morgan fingerprint density at radius 2 is 2.30 bits per heavy atom. The van der Waals surface area contributed by atoms with Gasteiger partial charge in [-0.25, -0.2) is 4.98 Å². The van der Waals surface area contributed by atoms with Crippen molar-refractivity contribution < 1.29 is 4.74 Å². The van der Waals surface area contributed by atoms with Gasteiger partial charge >= 0.3 is 0 Å². The van der Waals surface area contributed by atoms with Gasteiger partial charge in [-0.2, -0.15) is 0 Å². The normalized spacial score (nSPS) is 19.6. The average molecular weight is 335 g/mol. The quantitative estimate of drug-likeness (QED) is 0.811. The van der Waals surface area contributed by atoms with Crippen LogP contribution in [0.25, 0.3) is 0 Å². The molecule has 1 atom stereocenters. The van der Waals surface area contributed by atoms with E-state index in [-0.39, 0.29) is 6.10 Å². The van der Waals surface area contributed by atoms with E-state index in [0.29, 0.717) is 0 Å². The zero-order valence-electron chi connectivity index (χ0n) is 14.1. The molecule has 1 unspecified atom stereocenters. The van der Waals surface area contributed by atoms with Gasteiger partial charge in [-0.1, -0.05) is 13.8 Å². The molecule has 3 heterocycles. The molecule has 1 saturated heterocycles. The first-order valence-electron chi connectivity index (χ1n) is 8.23. The Morgan fingerprint density at radius 1 is 1.43 bits per heavy atom. The van der Waals surface area contributed by atoms with E-state index in [0.717, 1.165) is 44.4 Å². The van der Waals surface area contributed by atoms with E-state index in [9.17, 15) is 0 Å². The minimum Gasteiger partial charge on any atom is -0.368 e. The molecule has 0 aromatic carbocycles. The van der Waals surface area contributed by atoms with E-state index in [2.05, 4.69) is 34.3 Å². The van der Waals surface area contributed by atoms with Crippen LogP contribution < -0.4 is 0 Å². The molecule has 1 fully saturated rings. The number of rotatable bonds is 6. The molecule has 2 aromatic rings. The predicted molar refractivity (Wildman–Crippen MR) is 90.2 cm³/mol. The second-order valence-electron chi connectivity index (χ2n) is 6.56. The van der Waals surface area contributed by atoms with E-state index >= 15 is 0 Å². The lowest BCUT2D eigenvalue weighted by Crippen LogP contribution is -2.38. The van der Waals surface area contributed by atoms with Crippen molar-refractivity contribution in [3.8, 4) is 0 Å². The molecule has 7 heteroatoms. The van der Waals surface area contributed by atoms with Gasteiger partial charge in [0.25, 0.3) is 0 Å². The predicted octanol–water partition coefficient (Wildman–Crippen LogP) is 2.43. The smallest absolute Gasteiger partial charge is 0.163 e. The first-order valence-corrected chi connectivity index (χ1v) is 9.11. The van der Waals surface area contributed by atoms with Crippen molar-refractivity contribution in [2.75, 3.05) is 19.7 Å². The standard InChI is InChI=1S/C16H25N5OS/c1-12(2)4-5-15-18-13(10-23-15)8-21-6-7-22-14(9-21)16-19-17-11-20(16)3/h10-12,14H,4-9H2,1-3H3. The molecule has 0 amide bonds. The molecule has 0 saturated carbocycles. The molecule has 6 nitrogen and oxygen atoms in total. The van der Waals surface area contributed by atoms with E-state index in [1.807, 2.05) is 11.6 Å². The Kier molecular flexibility index (Phi) is 5.40. The van der Waals surface area contributed by atoms with Gasteiger partial charge in [-0.05, 0) is 18.8 Å². The highest BCUT2D eigenvalue weighted by Crippen LogP contribution is 2.22. The van der Waals surface area contributed by atoms with Gasteiger partial charge in [-0.3, -0.25) is 4.90 Å². The van der Waals surface area contributed by atoms with Crippen LogP contribution in [0.4, 0.5) is 0 Å². The molecule has 0 aliphatic carbocycles. The second kappa shape index (κ2) is 7.51. The first kappa shape index (κ1) is 16.5. The third-order valence-electron chi connectivity index (χ3n) is 4.11. The van der Waals surface area contributed by atoms with Crippen molar-refractivity contribution in [3.05, 3.63) is 28.2 Å². The zero-order chi connectivity index (χ0) is 16.2. The van der Waals surface area contributed by atoms with Crippen LogP contribution in [0.2, 0.25) is 0 Å². The lowest BCUT2D eigenvalue weighted by Gasteiger charge is -2.31. The summed E-state index contributed by atoms with van der Waals surface area (Å²) >= 11 is 1.79. The fourth-order valence-electron chi connectivity index (χ4n) is 2.76. The molecule has 1 aliphatic heterocycles. The van der Waals surface area contributed by atoms with Gasteiger partial charge in [-0.15, -0.1) is 21.5 Å². The molecule has 23 heavy (non-hydrogen) atoms. The van der Waals surface area contributed by atoms with E-state index in [4.69, 9.17) is 9.72 Å². The molecule has 0 spiro atoms. The lowest BCUT2D eigenvalue weighted by atomic mass is 10.1. The molecule has 0 bridgehead atoms. The zero-order valence-corrected chi connectivity index (χ0v) is 14.9. The van der Waals surface area contributed by atoms with Crippen molar-refractivity contribution in [2.24, 2.45) is 13.0 Å². The molecular formula is C16H25N5OS. The van der Waals surface area contributed by atoms with Crippen LogP contribution >= 0.6 is 11.3 Å². The first-order chi connectivity index (χ1) is 11.1. The number of hydrogen-bond acceptors (Lipinski definition) is 6. The minimum atomic E-state index is -0.00435. The third kappa shape index (κ3) is 4.37. The minimum absolute atomic E-state index is 0.00435. The van der Waals surface area contributed by atoms with Gasteiger partial charge in [0.05, 0.1) is 17.3 Å². The number of morpholine rings is 1. The Balaban J connectivity index is 1.56. The Hall–Kier alpha value is -1.31. The van der Waals surface area contributed by atoms with Crippen LogP contribution in [0.15, 0.2) is 11.7 Å². The maximum Gasteiger partial charge on any atom is 0.163 e. The topological polar surface area (TPSA) is 56.1 Å². The summed E-state index contributed by atoms with van der Waals surface area (Å²) in [5.74, 6) is 1.62. The van der Waals surface area contributed by atoms with Crippen LogP contribution in [0.3, 0.4) is 0 Å². The summed E-state index contributed by atoms with van der Waals surface area (Å²) in [7, 11) is 1.96. The molecule has 0 N–H and O–H groups in total. The summed E-state index contributed by atoms with van der Waals surface area (Å²) in [5, 5.41) is 11.6. The highest BCUT2D eigenvalue weighted by atomic mass is 32.1. The van der Waals surface area contributed by atoms with Crippen molar-refractivity contribution in [1.29, 1.82) is 0 Å². The Labute approximate surface area is 141 Å². The van der Waals surface area contributed by atoms with Crippen LogP contribution in [0.1, 0.15) is 42.9 Å². The number of ether oxygens (including phenoxy) is 1.